The van der Waals surface area contributed by atoms with Gasteiger partial charge in [0.05, 0.1) is 16.4 Å². The summed E-state index contributed by atoms with van der Waals surface area (Å²) < 4.78 is 3.65. The standard InChI is InChI=1S/C18H13Br2N5/c19-14-6-2-1-5-13(14)16-8-17(22-10-12-4-3-7-21-9-12)25-18(24-16)15(20)11-23-25/h1-9,11,22H,10H2. The lowest BCUT2D eigenvalue weighted by atomic mass is 10.1. The minimum absolute atomic E-state index is 0.653. The Morgan fingerprint density at radius 2 is 1.88 bits per heavy atom. The van der Waals surface area contributed by atoms with Crippen LogP contribution >= 0.6 is 31.9 Å². The molecule has 0 amide bonds. The lowest BCUT2D eigenvalue weighted by Gasteiger charge is -2.11. The first-order valence-corrected chi connectivity index (χ1v) is 9.23. The van der Waals surface area contributed by atoms with Crippen molar-refractivity contribution < 1.29 is 0 Å². The van der Waals surface area contributed by atoms with E-state index in [0.717, 1.165) is 37.2 Å². The number of nitrogens with one attached hydrogen (secondary N) is 1. The average molecular weight is 459 g/mol. The summed E-state index contributed by atoms with van der Waals surface area (Å²) in [4.78, 5) is 8.90. The summed E-state index contributed by atoms with van der Waals surface area (Å²) in [6.45, 7) is 0.653. The number of halogens is 2. The molecule has 0 saturated carbocycles. The van der Waals surface area contributed by atoms with Gasteiger partial charge in [-0.1, -0.05) is 40.2 Å². The van der Waals surface area contributed by atoms with Gasteiger partial charge in [-0.05, 0) is 33.6 Å². The fourth-order valence-corrected chi connectivity index (χ4v) is 3.40. The predicted molar refractivity (Wildman–Crippen MR) is 105 cm³/mol. The molecule has 0 unspecified atom stereocenters. The molecule has 0 radical (unpaired) electrons. The van der Waals surface area contributed by atoms with Gasteiger partial charge in [0.1, 0.15) is 5.82 Å². The van der Waals surface area contributed by atoms with Gasteiger partial charge in [0.25, 0.3) is 0 Å². The van der Waals surface area contributed by atoms with Gasteiger partial charge in [0, 0.05) is 35.0 Å². The molecule has 0 aliphatic heterocycles. The van der Waals surface area contributed by atoms with Crippen LogP contribution in [0.2, 0.25) is 0 Å². The number of benzene rings is 1. The van der Waals surface area contributed by atoms with Crippen LogP contribution < -0.4 is 5.32 Å². The van der Waals surface area contributed by atoms with Crippen LogP contribution in [0.3, 0.4) is 0 Å². The molecule has 0 aliphatic carbocycles. The largest absolute Gasteiger partial charge is 0.366 e. The molecule has 5 nitrogen and oxygen atoms in total. The molecule has 3 heterocycles. The van der Waals surface area contributed by atoms with E-state index in [0.29, 0.717) is 6.54 Å². The van der Waals surface area contributed by atoms with Crippen LogP contribution in [-0.2, 0) is 6.54 Å². The molecular weight excluding hydrogens is 446 g/mol. The smallest absolute Gasteiger partial charge is 0.172 e. The van der Waals surface area contributed by atoms with Gasteiger partial charge in [-0.3, -0.25) is 4.98 Å². The Morgan fingerprint density at radius 3 is 2.68 bits per heavy atom. The summed E-state index contributed by atoms with van der Waals surface area (Å²) in [6, 6.07) is 14.0. The topological polar surface area (TPSA) is 55.1 Å². The minimum Gasteiger partial charge on any atom is -0.366 e. The zero-order valence-electron chi connectivity index (χ0n) is 13.0. The van der Waals surface area contributed by atoms with E-state index in [1.807, 2.05) is 48.7 Å². The number of aromatic nitrogens is 4. The van der Waals surface area contributed by atoms with Crippen LogP contribution in [0, 0.1) is 0 Å². The first-order chi connectivity index (χ1) is 12.2. The quantitative estimate of drug-likeness (QED) is 0.471. The SMILES string of the molecule is Brc1ccccc1-c1cc(NCc2cccnc2)n2ncc(Br)c2n1. The highest BCUT2D eigenvalue weighted by molar-refractivity contribution is 9.11. The van der Waals surface area contributed by atoms with E-state index in [-0.39, 0.29) is 0 Å². The van der Waals surface area contributed by atoms with Crippen LogP contribution in [-0.4, -0.2) is 19.6 Å². The van der Waals surface area contributed by atoms with E-state index in [9.17, 15) is 0 Å². The highest BCUT2D eigenvalue weighted by atomic mass is 79.9. The van der Waals surface area contributed by atoms with E-state index in [1.165, 1.54) is 0 Å². The Labute approximate surface area is 161 Å². The lowest BCUT2D eigenvalue weighted by molar-refractivity contribution is 0.925. The molecule has 0 bridgehead atoms. The van der Waals surface area contributed by atoms with Crippen molar-refractivity contribution in [3.8, 4) is 11.3 Å². The Hall–Kier alpha value is -2.25. The zero-order chi connectivity index (χ0) is 17.2. The maximum atomic E-state index is 4.75. The summed E-state index contributed by atoms with van der Waals surface area (Å²) in [7, 11) is 0. The van der Waals surface area contributed by atoms with Gasteiger partial charge in [-0.2, -0.15) is 9.61 Å². The molecule has 1 aromatic carbocycles. The normalized spacial score (nSPS) is 11.0. The zero-order valence-corrected chi connectivity index (χ0v) is 16.2. The molecule has 4 rings (SSSR count). The number of pyridine rings is 1. The van der Waals surface area contributed by atoms with Gasteiger partial charge in [-0.25, -0.2) is 4.98 Å². The lowest BCUT2D eigenvalue weighted by Crippen LogP contribution is -2.07. The number of hydrogen-bond acceptors (Lipinski definition) is 4. The van der Waals surface area contributed by atoms with Crippen molar-refractivity contribution in [2.24, 2.45) is 0 Å². The fourth-order valence-electron chi connectivity index (χ4n) is 2.56. The molecule has 0 saturated heterocycles. The molecule has 0 fully saturated rings. The molecule has 0 atom stereocenters. The summed E-state index contributed by atoms with van der Waals surface area (Å²) in [5, 5.41) is 7.84. The van der Waals surface area contributed by atoms with Gasteiger partial charge in [-0.15, -0.1) is 0 Å². The van der Waals surface area contributed by atoms with E-state index >= 15 is 0 Å². The first-order valence-electron chi connectivity index (χ1n) is 7.64. The van der Waals surface area contributed by atoms with E-state index in [1.54, 1.807) is 16.9 Å². The Balaban J connectivity index is 1.78. The second kappa shape index (κ2) is 6.93. The Bertz CT molecular complexity index is 1030. The minimum atomic E-state index is 0.653. The van der Waals surface area contributed by atoms with Crippen LogP contribution in [0.4, 0.5) is 5.82 Å². The summed E-state index contributed by atoms with van der Waals surface area (Å²) in [5.41, 5.74) is 3.76. The third-order valence-corrected chi connectivity index (χ3v) is 5.03. The number of rotatable bonds is 4. The maximum Gasteiger partial charge on any atom is 0.172 e. The monoisotopic (exact) mass is 457 g/mol. The molecule has 1 N–H and O–H groups in total. The average Bonchev–Trinajstić information content (AvgIpc) is 3.02. The van der Waals surface area contributed by atoms with E-state index in [4.69, 9.17) is 4.98 Å². The Morgan fingerprint density at radius 1 is 1.00 bits per heavy atom. The Kier molecular flexibility index (Phi) is 4.50. The predicted octanol–water partition coefficient (Wildman–Crippen LogP) is 4.93. The van der Waals surface area contributed by atoms with Crippen molar-refractivity contribution in [3.63, 3.8) is 0 Å². The van der Waals surface area contributed by atoms with Crippen molar-refractivity contribution >= 4 is 43.3 Å². The van der Waals surface area contributed by atoms with Crippen LogP contribution in [0.5, 0.6) is 0 Å². The second-order valence-electron chi connectivity index (χ2n) is 5.45. The van der Waals surface area contributed by atoms with Crippen molar-refractivity contribution in [3.05, 3.63) is 75.6 Å². The third kappa shape index (κ3) is 3.29. The highest BCUT2D eigenvalue weighted by Crippen LogP contribution is 2.30. The van der Waals surface area contributed by atoms with Crippen LogP contribution in [0.25, 0.3) is 16.9 Å². The van der Waals surface area contributed by atoms with Crippen molar-refractivity contribution in [2.75, 3.05) is 5.32 Å². The molecule has 3 aromatic heterocycles. The van der Waals surface area contributed by atoms with E-state index in [2.05, 4.69) is 47.3 Å². The molecular formula is C18H13Br2N5. The number of hydrogen-bond donors (Lipinski definition) is 1. The number of nitrogens with zero attached hydrogens (tertiary/aromatic N) is 4. The van der Waals surface area contributed by atoms with E-state index < -0.39 is 0 Å². The molecule has 124 valence electrons. The third-order valence-electron chi connectivity index (χ3n) is 3.77. The van der Waals surface area contributed by atoms with Crippen molar-refractivity contribution in [1.82, 2.24) is 19.6 Å². The molecule has 4 aromatic rings. The second-order valence-corrected chi connectivity index (χ2v) is 7.16. The number of anilines is 1. The molecule has 0 aliphatic rings. The molecule has 25 heavy (non-hydrogen) atoms. The van der Waals surface area contributed by atoms with Crippen LogP contribution in [0.1, 0.15) is 5.56 Å². The summed E-state index contributed by atoms with van der Waals surface area (Å²) in [5.74, 6) is 0.866. The van der Waals surface area contributed by atoms with Crippen molar-refractivity contribution in [1.29, 1.82) is 0 Å². The molecule has 0 spiro atoms. The fraction of sp³-hybridized carbons (Fsp3) is 0.0556. The number of fused-ring (bicyclic) bond motifs is 1. The van der Waals surface area contributed by atoms with Crippen LogP contribution in [0.15, 0.2) is 70.0 Å². The molecule has 7 heteroatoms. The first kappa shape index (κ1) is 16.2. The van der Waals surface area contributed by atoms with Gasteiger partial charge >= 0.3 is 0 Å². The van der Waals surface area contributed by atoms with Crippen molar-refractivity contribution in [2.45, 2.75) is 6.54 Å². The maximum absolute atomic E-state index is 4.75. The van der Waals surface area contributed by atoms with Gasteiger partial charge < -0.3 is 5.32 Å². The summed E-state index contributed by atoms with van der Waals surface area (Å²) in [6.07, 6.45) is 5.37. The highest BCUT2D eigenvalue weighted by Gasteiger charge is 2.13. The van der Waals surface area contributed by atoms with Gasteiger partial charge in [0.15, 0.2) is 5.65 Å². The summed E-state index contributed by atoms with van der Waals surface area (Å²) >= 11 is 7.13. The van der Waals surface area contributed by atoms with Gasteiger partial charge in [0.2, 0.25) is 0 Å².